The summed E-state index contributed by atoms with van der Waals surface area (Å²) in [4.78, 5) is 2.16. The van der Waals surface area contributed by atoms with Gasteiger partial charge in [0.15, 0.2) is 0 Å². The molecule has 0 bridgehead atoms. The second-order valence-corrected chi connectivity index (χ2v) is 3.94. The first-order valence-corrected chi connectivity index (χ1v) is 5.33. The van der Waals surface area contributed by atoms with Gasteiger partial charge in [-0.15, -0.1) is 0 Å². The Kier molecular flexibility index (Phi) is 3.45. The molecular formula is C8H6ClNSe. The number of halogens is 1. The molecule has 0 aliphatic carbocycles. The summed E-state index contributed by atoms with van der Waals surface area (Å²) in [6, 6.07) is 7.79. The molecule has 0 heterocycles. The topological polar surface area (TPSA) is 23.8 Å². The van der Waals surface area contributed by atoms with Gasteiger partial charge in [0, 0.05) is 0 Å². The second-order valence-electron chi connectivity index (χ2n) is 1.93. The quantitative estimate of drug-likeness (QED) is 0.554. The molecule has 0 amide bonds. The van der Waals surface area contributed by atoms with Crippen molar-refractivity contribution >= 4 is 31.0 Å². The summed E-state index contributed by atoms with van der Waals surface area (Å²) in [7, 11) is 0. The minimum absolute atomic E-state index is 0.0779. The van der Waals surface area contributed by atoms with Gasteiger partial charge in [0.2, 0.25) is 0 Å². The molecule has 0 N–H and O–H groups in total. The second kappa shape index (κ2) is 4.41. The van der Waals surface area contributed by atoms with Gasteiger partial charge >= 0.3 is 77.0 Å². The van der Waals surface area contributed by atoms with Crippen molar-refractivity contribution in [2.75, 3.05) is 0 Å². The molecule has 1 aromatic rings. The van der Waals surface area contributed by atoms with E-state index >= 15 is 0 Å². The maximum absolute atomic E-state index is 8.47. The van der Waals surface area contributed by atoms with Crippen LogP contribution in [0.5, 0.6) is 0 Å². The Bertz CT molecular complexity index is 280. The summed E-state index contributed by atoms with van der Waals surface area (Å²) in [5, 5.41) is 8.47. The third kappa shape index (κ3) is 2.23. The van der Waals surface area contributed by atoms with Crippen LogP contribution in [0.3, 0.4) is 0 Å². The Morgan fingerprint density at radius 3 is 2.82 bits per heavy atom. The monoisotopic (exact) mass is 231 g/mol. The summed E-state index contributed by atoms with van der Waals surface area (Å²) in [6.07, 6.45) is 0. The molecule has 0 atom stereocenters. The van der Waals surface area contributed by atoms with Gasteiger partial charge in [-0.1, -0.05) is 0 Å². The predicted octanol–water partition coefficient (Wildman–Crippen LogP) is 1.24. The van der Waals surface area contributed by atoms with Gasteiger partial charge in [0.05, 0.1) is 0 Å². The average Bonchev–Trinajstić information content (AvgIpc) is 2.06. The van der Waals surface area contributed by atoms with E-state index in [9.17, 15) is 0 Å². The zero-order chi connectivity index (χ0) is 8.10. The van der Waals surface area contributed by atoms with E-state index in [1.807, 2.05) is 24.3 Å². The SMILES string of the molecule is N#C[Se]c1ccccc1CCl. The fraction of sp³-hybridized carbons (Fsp3) is 0.125. The van der Waals surface area contributed by atoms with Crippen LogP contribution in [-0.2, 0) is 5.88 Å². The zero-order valence-corrected chi connectivity index (χ0v) is 8.22. The van der Waals surface area contributed by atoms with E-state index in [0.29, 0.717) is 5.88 Å². The van der Waals surface area contributed by atoms with Crippen molar-refractivity contribution in [1.29, 1.82) is 5.26 Å². The van der Waals surface area contributed by atoms with E-state index in [0.717, 1.165) is 10.0 Å². The molecule has 0 radical (unpaired) electrons. The predicted molar refractivity (Wildman–Crippen MR) is 47.0 cm³/mol. The first kappa shape index (κ1) is 8.61. The van der Waals surface area contributed by atoms with E-state index in [2.05, 4.69) is 4.97 Å². The van der Waals surface area contributed by atoms with Gasteiger partial charge in [-0.3, -0.25) is 0 Å². The number of nitriles is 1. The number of alkyl halides is 1. The number of rotatable bonds is 2. The van der Waals surface area contributed by atoms with Crippen LogP contribution < -0.4 is 4.46 Å². The van der Waals surface area contributed by atoms with Crippen LogP contribution in [0.4, 0.5) is 0 Å². The van der Waals surface area contributed by atoms with Crippen LogP contribution in [0, 0.1) is 10.2 Å². The molecule has 1 aromatic carbocycles. The third-order valence-electron chi connectivity index (χ3n) is 1.27. The molecule has 0 spiro atoms. The van der Waals surface area contributed by atoms with Gasteiger partial charge < -0.3 is 0 Å². The molecule has 1 nitrogen and oxygen atoms in total. The summed E-state index contributed by atoms with van der Waals surface area (Å²) >= 11 is 5.59. The molecule has 0 aliphatic heterocycles. The van der Waals surface area contributed by atoms with E-state index < -0.39 is 0 Å². The minimum atomic E-state index is -0.0779. The van der Waals surface area contributed by atoms with Crippen molar-refractivity contribution in [3.05, 3.63) is 29.8 Å². The molecule has 0 aliphatic rings. The summed E-state index contributed by atoms with van der Waals surface area (Å²) in [6.45, 7) is 0. The summed E-state index contributed by atoms with van der Waals surface area (Å²) < 4.78 is 1.09. The Hall–Kier alpha value is -0.481. The normalized spacial score (nSPS) is 9.09. The van der Waals surface area contributed by atoms with Crippen molar-refractivity contribution in [2.24, 2.45) is 0 Å². The van der Waals surface area contributed by atoms with E-state index in [4.69, 9.17) is 16.9 Å². The Morgan fingerprint density at radius 2 is 2.18 bits per heavy atom. The molecule has 3 heteroatoms. The van der Waals surface area contributed by atoms with Crippen molar-refractivity contribution in [1.82, 2.24) is 0 Å². The standard InChI is InChI=1S/C8H6ClNSe/c9-5-7-3-1-2-4-8(7)11-6-10/h1-4H,5H2. The number of benzene rings is 1. The van der Waals surface area contributed by atoms with Gasteiger partial charge in [0.1, 0.15) is 0 Å². The third-order valence-corrected chi connectivity index (χ3v) is 3.05. The molecular weight excluding hydrogens is 225 g/mol. The van der Waals surface area contributed by atoms with Crippen LogP contribution in [0.25, 0.3) is 0 Å². The summed E-state index contributed by atoms with van der Waals surface area (Å²) in [5.74, 6) is 0.500. The van der Waals surface area contributed by atoms with Gasteiger partial charge in [0.25, 0.3) is 0 Å². The van der Waals surface area contributed by atoms with Crippen LogP contribution in [-0.4, -0.2) is 15.0 Å². The number of hydrogen-bond acceptors (Lipinski definition) is 1. The number of nitrogens with zero attached hydrogens (tertiary/aromatic N) is 1. The van der Waals surface area contributed by atoms with Gasteiger partial charge in [-0.05, 0) is 0 Å². The fourth-order valence-electron chi connectivity index (χ4n) is 0.763. The van der Waals surface area contributed by atoms with E-state index in [-0.39, 0.29) is 15.0 Å². The molecule has 0 saturated carbocycles. The molecule has 0 aromatic heterocycles. The molecule has 0 saturated heterocycles. The molecule has 56 valence electrons. The van der Waals surface area contributed by atoms with Crippen molar-refractivity contribution in [3.8, 4) is 4.97 Å². The van der Waals surface area contributed by atoms with Crippen molar-refractivity contribution in [3.63, 3.8) is 0 Å². The van der Waals surface area contributed by atoms with E-state index in [1.54, 1.807) is 0 Å². The fourth-order valence-corrected chi connectivity index (χ4v) is 2.26. The molecule has 0 fully saturated rings. The molecule has 11 heavy (non-hydrogen) atoms. The van der Waals surface area contributed by atoms with Gasteiger partial charge in [-0.25, -0.2) is 0 Å². The van der Waals surface area contributed by atoms with Crippen LogP contribution in [0.1, 0.15) is 5.56 Å². The zero-order valence-electron chi connectivity index (χ0n) is 5.75. The maximum atomic E-state index is 8.47. The van der Waals surface area contributed by atoms with Gasteiger partial charge in [-0.2, -0.15) is 0 Å². The van der Waals surface area contributed by atoms with E-state index in [1.165, 1.54) is 0 Å². The van der Waals surface area contributed by atoms with Crippen molar-refractivity contribution < 1.29 is 0 Å². The Balaban J connectivity index is 2.94. The average molecular weight is 231 g/mol. The number of hydrogen-bond donors (Lipinski definition) is 0. The first-order chi connectivity index (χ1) is 5.38. The molecule has 1 rings (SSSR count). The summed E-state index contributed by atoms with van der Waals surface area (Å²) in [5.41, 5.74) is 1.08. The Morgan fingerprint density at radius 1 is 1.45 bits per heavy atom. The van der Waals surface area contributed by atoms with Crippen molar-refractivity contribution in [2.45, 2.75) is 5.88 Å². The first-order valence-electron chi connectivity index (χ1n) is 3.08. The van der Waals surface area contributed by atoms with Crippen LogP contribution in [0.15, 0.2) is 24.3 Å². The van der Waals surface area contributed by atoms with Crippen LogP contribution in [0.2, 0.25) is 0 Å². The van der Waals surface area contributed by atoms with Crippen LogP contribution >= 0.6 is 11.6 Å². The Labute approximate surface area is 77.1 Å². The molecule has 0 unspecified atom stereocenters.